The maximum absolute atomic E-state index is 14.0. The summed E-state index contributed by atoms with van der Waals surface area (Å²) >= 11 is 13.1. The number of rotatable bonds is 6. The Kier molecular flexibility index (Phi) is 7.40. The second-order valence-corrected chi connectivity index (χ2v) is 13.3. The van der Waals surface area contributed by atoms with Crippen molar-refractivity contribution >= 4 is 62.0 Å². The van der Waals surface area contributed by atoms with Gasteiger partial charge in [0.1, 0.15) is 6.61 Å². The summed E-state index contributed by atoms with van der Waals surface area (Å²) in [5.41, 5.74) is 6.33. The lowest BCUT2D eigenvalue weighted by Gasteiger charge is -2.30. The molecule has 0 spiro atoms. The highest BCUT2D eigenvalue weighted by Crippen LogP contribution is 2.42. The first-order valence-corrected chi connectivity index (χ1v) is 16.3. The molecule has 0 radical (unpaired) electrons. The zero-order valence-electron chi connectivity index (χ0n) is 22.5. The number of ether oxygens (including phenoxy) is 2. The van der Waals surface area contributed by atoms with Crippen molar-refractivity contribution in [1.29, 1.82) is 0 Å². The second-order valence-electron chi connectivity index (χ2n) is 10.0. The number of thiazole rings is 1. The summed E-state index contributed by atoms with van der Waals surface area (Å²) in [4.78, 5) is 21.0. The third-order valence-corrected chi connectivity index (χ3v) is 10.4. The largest absolute Gasteiger partial charge is 0.493 e. The first kappa shape index (κ1) is 27.4. The molecule has 3 heterocycles. The monoisotopic (exact) mass is 674 g/mol. The lowest BCUT2D eigenvalue weighted by molar-refractivity contribution is 0.282. The number of benzene rings is 3. The van der Waals surface area contributed by atoms with Gasteiger partial charge in [-0.3, -0.25) is 9.36 Å². The van der Waals surface area contributed by atoms with Crippen molar-refractivity contribution in [2.75, 3.05) is 7.11 Å². The predicted molar refractivity (Wildman–Crippen MR) is 174 cm³/mol. The molecule has 1 aliphatic heterocycles. The summed E-state index contributed by atoms with van der Waals surface area (Å²) in [5.74, 6) is 1.12. The molecule has 0 unspecified atom stereocenters. The summed E-state index contributed by atoms with van der Waals surface area (Å²) in [5, 5.41) is 2.71. The number of methoxy groups -OCH3 is 1. The van der Waals surface area contributed by atoms with Gasteiger partial charge in [0.25, 0.3) is 5.56 Å². The molecular weight excluding hydrogens is 652 g/mol. The SMILES string of the molecule is COc1cc(/C=c2\sc3n(c2=O)[C@@H](c2cccs2)C2=C(N=3)c3ccccc3CC2)cc(Br)c1OCc1ccccc1Cl. The quantitative estimate of drug-likeness (QED) is 0.189. The molecule has 7 rings (SSSR count). The summed E-state index contributed by atoms with van der Waals surface area (Å²) in [7, 11) is 1.60. The average molecular weight is 676 g/mol. The van der Waals surface area contributed by atoms with E-state index in [1.165, 1.54) is 28.0 Å². The molecule has 1 aliphatic carbocycles. The van der Waals surface area contributed by atoms with Crippen molar-refractivity contribution in [2.24, 2.45) is 4.99 Å². The molecule has 3 aromatic carbocycles. The molecule has 2 aliphatic rings. The van der Waals surface area contributed by atoms with E-state index in [-0.39, 0.29) is 11.6 Å². The highest BCUT2D eigenvalue weighted by Gasteiger charge is 2.33. The minimum absolute atomic E-state index is 0.0447. The molecule has 0 amide bonds. The van der Waals surface area contributed by atoms with Crippen LogP contribution in [-0.4, -0.2) is 11.7 Å². The Morgan fingerprint density at radius 2 is 1.93 bits per heavy atom. The Morgan fingerprint density at radius 1 is 1.10 bits per heavy atom. The van der Waals surface area contributed by atoms with Crippen LogP contribution in [0.5, 0.6) is 11.5 Å². The molecule has 5 aromatic rings. The number of halogens is 2. The van der Waals surface area contributed by atoms with Gasteiger partial charge in [0.2, 0.25) is 0 Å². The maximum atomic E-state index is 14.0. The van der Waals surface area contributed by atoms with E-state index in [9.17, 15) is 4.79 Å². The van der Waals surface area contributed by atoms with Crippen LogP contribution in [-0.2, 0) is 13.0 Å². The number of hydrogen-bond acceptors (Lipinski definition) is 6. The fourth-order valence-electron chi connectivity index (χ4n) is 5.60. The number of fused-ring (bicyclic) bond motifs is 3. The Balaban J connectivity index is 1.31. The molecule has 0 fully saturated rings. The molecule has 42 heavy (non-hydrogen) atoms. The van der Waals surface area contributed by atoms with E-state index >= 15 is 0 Å². The number of aromatic nitrogens is 1. The molecule has 0 saturated carbocycles. The number of aryl methyl sites for hydroxylation is 1. The van der Waals surface area contributed by atoms with E-state index in [0.29, 0.717) is 32.5 Å². The van der Waals surface area contributed by atoms with Gasteiger partial charge in [0.05, 0.1) is 27.9 Å². The van der Waals surface area contributed by atoms with Crippen LogP contribution in [0.15, 0.2) is 98.0 Å². The third-order valence-electron chi connectivity index (χ3n) is 7.57. The average Bonchev–Trinajstić information content (AvgIpc) is 3.64. The van der Waals surface area contributed by atoms with Crippen LogP contribution in [0.4, 0.5) is 0 Å². The Hall–Kier alpha value is -3.43. The zero-order valence-corrected chi connectivity index (χ0v) is 26.4. The third kappa shape index (κ3) is 4.86. The number of allylic oxidation sites excluding steroid dienone is 1. The Morgan fingerprint density at radius 3 is 2.74 bits per heavy atom. The standard InChI is InChI=1S/C33H24BrClN2O3S2/c1-39-26-16-19(15-24(34)31(26)40-18-21-8-3-5-10-25(21)35)17-28-32(38)37-30(27-11-6-14-41-27)23-13-12-20-7-2-4-9-22(20)29(23)36-33(37)42-28/h2-11,14-17,30H,12-13,18H2,1H3/b28-17-/t30-/m1/s1. The van der Waals surface area contributed by atoms with E-state index in [1.54, 1.807) is 18.4 Å². The molecule has 0 N–H and O–H groups in total. The van der Waals surface area contributed by atoms with Crippen molar-refractivity contribution < 1.29 is 9.47 Å². The highest BCUT2D eigenvalue weighted by atomic mass is 79.9. The minimum Gasteiger partial charge on any atom is -0.493 e. The highest BCUT2D eigenvalue weighted by molar-refractivity contribution is 9.10. The van der Waals surface area contributed by atoms with Gasteiger partial charge in [-0.25, -0.2) is 4.99 Å². The number of hydrogen-bond donors (Lipinski definition) is 0. The van der Waals surface area contributed by atoms with Crippen molar-refractivity contribution in [3.05, 3.63) is 140 Å². The van der Waals surface area contributed by atoms with Gasteiger partial charge in [-0.2, -0.15) is 0 Å². The molecular formula is C33H24BrClN2O3S2. The Labute approximate surface area is 263 Å². The van der Waals surface area contributed by atoms with Crippen molar-refractivity contribution in [1.82, 2.24) is 4.57 Å². The topological polar surface area (TPSA) is 52.8 Å². The van der Waals surface area contributed by atoms with Crippen molar-refractivity contribution in [3.8, 4) is 11.5 Å². The van der Waals surface area contributed by atoms with Crippen LogP contribution < -0.4 is 24.4 Å². The lowest BCUT2D eigenvalue weighted by Crippen LogP contribution is -2.38. The summed E-state index contributed by atoms with van der Waals surface area (Å²) < 4.78 is 15.0. The zero-order chi connectivity index (χ0) is 28.8. The van der Waals surface area contributed by atoms with Gasteiger partial charge in [-0.1, -0.05) is 71.5 Å². The van der Waals surface area contributed by atoms with Crippen LogP contribution in [0.2, 0.25) is 5.02 Å². The van der Waals surface area contributed by atoms with E-state index in [2.05, 4.69) is 51.6 Å². The van der Waals surface area contributed by atoms with Crippen LogP contribution in [0, 0.1) is 0 Å². The fourth-order valence-corrected chi connectivity index (χ4v) is 8.21. The molecule has 2 aromatic heterocycles. The predicted octanol–water partition coefficient (Wildman–Crippen LogP) is 7.38. The van der Waals surface area contributed by atoms with Crippen molar-refractivity contribution in [3.63, 3.8) is 0 Å². The van der Waals surface area contributed by atoms with Gasteiger partial charge in [0, 0.05) is 21.0 Å². The van der Waals surface area contributed by atoms with Crippen LogP contribution in [0.1, 0.15) is 39.6 Å². The molecule has 0 bridgehead atoms. The van der Waals surface area contributed by atoms with E-state index in [0.717, 1.165) is 39.0 Å². The fraction of sp³-hybridized carbons (Fsp3) is 0.152. The molecule has 0 saturated heterocycles. The lowest BCUT2D eigenvalue weighted by atomic mass is 9.85. The van der Waals surface area contributed by atoms with E-state index in [4.69, 9.17) is 26.1 Å². The summed E-state index contributed by atoms with van der Waals surface area (Å²) in [6.07, 6.45) is 3.72. The smallest absolute Gasteiger partial charge is 0.271 e. The van der Waals surface area contributed by atoms with Crippen LogP contribution in [0.3, 0.4) is 0 Å². The van der Waals surface area contributed by atoms with Gasteiger partial charge in [-0.15, -0.1) is 11.3 Å². The second kappa shape index (κ2) is 11.3. The number of thiophene rings is 1. The van der Waals surface area contributed by atoms with Gasteiger partial charge in [0.15, 0.2) is 16.3 Å². The molecule has 1 atom stereocenters. The summed E-state index contributed by atoms with van der Waals surface area (Å²) in [6, 6.07) is 23.9. The summed E-state index contributed by atoms with van der Waals surface area (Å²) in [6.45, 7) is 0.295. The first-order chi connectivity index (χ1) is 20.5. The van der Waals surface area contributed by atoms with Crippen LogP contribution in [0.25, 0.3) is 11.8 Å². The molecule has 9 heteroatoms. The molecule has 210 valence electrons. The van der Waals surface area contributed by atoms with Crippen LogP contribution >= 0.6 is 50.2 Å². The molecule has 5 nitrogen and oxygen atoms in total. The van der Waals surface area contributed by atoms with E-state index < -0.39 is 0 Å². The normalized spacial score (nSPS) is 16.0. The van der Waals surface area contributed by atoms with Crippen molar-refractivity contribution in [2.45, 2.75) is 25.5 Å². The maximum Gasteiger partial charge on any atom is 0.271 e. The van der Waals surface area contributed by atoms with Gasteiger partial charge in [-0.05, 0) is 81.2 Å². The van der Waals surface area contributed by atoms with Gasteiger partial charge < -0.3 is 9.47 Å². The number of nitrogens with zero attached hydrogens (tertiary/aromatic N) is 2. The Bertz CT molecular complexity index is 2050. The first-order valence-electron chi connectivity index (χ1n) is 13.4. The van der Waals surface area contributed by atoms with Gasteiger partial charge >= 0.3 is 0 Å². The van der Waals surface area contributed by atoms with E-state index in [1.807, 2.05) is 53.1 Å². The minimum atomic E-state index is -0.159.